The summed E-state index contributed by atoms with van der Waals surface area (Å²) in [5.41, 5.74) is 7.15. The molecule has 0 aliphatic carbocycles. The van der Waals surface area contributed by atoms with Gasteiger partial charge in [-0.05, 0) is 37.2 Å². The fourth-order valence-electron chi connectivity index (χ4n) is 2.96. The average molecular weight is 338 g/mol. The van der Waals surface area contributed by atoms with Crippen molar-refractivity contribution >= 4 is 35.0 Å². The Morgan fingerprint density at radius 2 is 1.96 bits per heavy atom. The van der Waals surface area contributed by atoms with Gasteiger partial charge < -0.3 is 15.1 Å². The number of benzene rings is 1. The van der Waals surface area contributed by atoms with E-state index in [9.17, 15) is 4.79 Å². The average Bonchev–Trinajstić information content (AvgIpc) is 2.97. The van der Waals surface area contributed by atoms with Crippen molar-refractivity contribution < 1.29 is 9.21 Å². The normalized spacial score (nSPS) is 15.6. The number of nitrogens with two attached hydrogens (primary N) is 1. The van der Waals surface area contributed by atoms with Crippen LogP contribution in [0, 0.1) is 0 Å². The maximum absolute atomic E-state index is 11.2. The van der Waals surface area contributed by atoms with Crippen molar-refractivity contribution in [2.45, 2.75) is 19.8 Å². The molecule has 0 bridgehead atoms. The van der Waals surface area contributed by atoms with Crippen LogP contribution in [0.15, 0.2) is 28.7 Å². The summed E-state index contributed by atoms with van der Waals surface area (Å²) in [4.78, 5) is 16.1. The first-order valence-corrected chi connectivity index (χ1v) is 7.98. The third-order valence-electron chi connectivity index (χ3n) is 4.31. The molecule has 3 rings (SSSR count). The maximum atomic E-state index is 11.2. The van der Waals surface area contributed by atoms with Gasteiger partial charge >= 0.3 is 0 Å². The molecule has 2 aromatic rings. The summed E-state index contributed by atoms with van der Waals surface area (Å²) in [6, 6.07) is 7.77. The minimum Gasteiger partial charge on any atom is -0.451 e. The Morgan fingerprint density at radius 1 is 1.22 bits per heavy atom. The van der Waals surface area contributed by atoms with Crippen LogP contribution in [0.5, 0.6) is 0 Å². The monoisotopic (exact) mass is 337 g/mol. The number of primary amides is 1. The van der Waals surface area contributed by atoms with E-state index < -0.39 is 5.91 Å². The maximum Gasteiger partial charge on any atom is 0.284 e. The van der Waals surface area contributed by atoms with Gasteiger partial charge in [-0.3, -0.25) is 9.69 Å². The van der Waals surface area contributed by atoms with Crippen LogP contribution in [0.2, 0.25) is 0 Å². The number of carbonyl (C=O) groups is 1. The Hall–Kier alpha value is -1.72. The Morgan fingerprint density at radius 3 is 2.61 bits per heavy atom. The Balaban J connectivity index is 0.00000192. The van der Waals surface area contributed by atoms with E-state index in [0.717, 1.165) is 31.6 Å². The largest absolute Gasteiger partial charge is 0.451 e. The molecule has 126 valence electrons. The lowest BCUT2D eigenvalue weighted by atomic mass is 10.2. The first kappa shape index (κ1) is 17.6. The SMILES string of the molecule is CCCCN1CCN(c2ccc3oc(C(N)=O)cc3c2)CC1.Cl. The minimum atomic E-state index is -0.526. The van der Waals surface area contributed by atoms with Gasteiger partial charge in [-0.1, -0.05) is 13.3 Å². The molecule has 1 aliphatic heterocycles. The van der Waals surface area contributed by atoms with Crippen LogP contribution in [-0.4, -0.2) is 43.5 Å². The number of amides is 1. The van der Waals surface area contributed by atoms with Crippen LogP contribution in [0.3, 0.4) is 0 Å². The molecule has 6 heteroatoms. The predicted octanol–water partition coefficient (Wildman–Crippen LogP) is 2.88. The lowest BCUT2D eigenvalue weighted by Gasteiger charge is -2.36. The second-order valence-corrected chi connectivity index (χ2v) is 5.88. The van der Waals surface area contributed by atoms with Crippen LogP contribution in [0.1, 0.15) is 30.3 Å². The van der Waals surface area contributed by atoms with E-state index in [0.29, 0.717) is 5.58 Å². The fourth-order valence-corrected chi connectivity index (χ4v) is 2.96. The standard InChI is InChI=1S/C17H23N3O2.ClH/c1-2-3-6-19-7-9-20(10-8-19)14-4-5-15-13(11-14)12-16(22-15)17(18)21;/h4-5,11-12H,2-3,6-10H2,1H3,(H2,18,21);1H. The number of hydrogen-bond acceptors (Lipinski definition) is 4. The van der Waals surface area contributed by atoms with Gasteiger partial charge in [-0.15, -0.1) is 12.4 Å². The smallest absolute Gasteiger partial charge is 0.284 e. The molecule has 0 spiro atoms. The highest BCUT2D eigenvalue weighted by atomic mass is 35.5. The number of anilines is 1. The second-order valence-electron chi connectivity index (χ2n) is 5.88. The zero-order chi connectivity index (χ0) is 15.5. The van der Waals surface area contributed by atoms with Gasteiger partial charge in [0.25, 0.3) is 5.91 Å². The Kier molecular flexibility index (Phi) is 5.91. The van der Waals surface area contributed by atoms with E-state index >= 15 is 0 Å². The van der Waals surface area contributed by atoms with Crippen molar-refractivity contribution in [3.05, 3.63) is 30.0 Å². The second kappa shape index (κ2) is 7.70. The van der Waals surface area contributed by atoms with Gasteiger partial charge in [0.15, 0.2) is 5.76 Å². The molecule has 0 radical (unpaired) electrons. The van der Waals surface area contributed by atoms with Crippen molar-refractivity contribution in [1.82, 2.24) is 4.90 Å². The van der Waals surface area contributed by atoms with E-state index in [2.05, 4.69) is 28.9 Å². The van der Waals surface area contributed by atoms with Crippen molar-refractivity contribution in [3.63, 3.8) is 0 Å². The number of unbranched alkanes of at least 4 members (excludes halogenated alkanes) is 1. The van der Waals surface area contributed by atoms with Crippen molar-refractivity contribution in [3.8, 4) is 0 Å². The van der Waals surface area contributed by atoms with Crippen molar-refractivity contribution in [2.75, 3.05) is 37.6 Å². The number of carbonyl (C=O) groups excluding carboxylic acids is 1. The van der Waals surface area contributed by atoms with Crippen LogP contribution in [-0.2, 0) is 0 Å². The van der Waals surface area contributed by atoms with Gasteiger partial charge in [0.1, 0.15) is 5.58 Å². The number of hydrogen-bond donors (Lipinski definition) is 1. The van der Waals surface area contributed by atoms with Crippen LogP contribution < -0.4 is 10.6 Å². The molecule has 1 saturated heterocycles. The zero-order valence-corrected chi connectivity index (χ0v) is 14.3. The highest BCUT2D eigenvalue weighted by molar-refractivity contribution is 5.95. The van der Waals surface area contributed by atoms with E-state index in [1.165, 1.54) is 25.1 Å². The number of furan rings is 1. The summed E-state index contributed by atoms with van der Waals surface area (Å²) in [6.45, 7) is 7.72. The predicted molar refractivity (Wildman–Crippen MR) is 95.5 cm³/mol. The van der Waals surface area contributed by atoms with Gasteiger partial charge in [0.05, 0.1) is 0 Å². The third kappa shape index (κ3) is 3.98. The van der Waals surface area contributed by atoms with Gasteiger partial charge in [-0.25, -0.2) is 0 Å². The number of piperazine rings is 1. The van der Waals surface area contributed by atoms with Crippen molar-refractivity contribution in [1.29, 1.82) is 0 Å². The number of rotatable bonds is 5. The summed E-state index contributed by atoms with van der Waals surface area (Å²) in [5, 5.41) is 0.930. The molecule has 1 aliphatic rings. The molecule has 23 heavy (non-hydrogen) atoms. The summed E-state index contributed by atoms with van der Waals surface area (Å²) in [5.74, 6) is -0.307. The molecule has 2 N–H and O–H groups in total. The van der Waals surface area contributed by atoms with Gasteiger partial charge in [-0.2, -0.15) is 0 Å². The summed E-state index contributed by atoms with van der Waals surface area (Å²) in [6.07, 6.45) is 2.52. The fraction of sp³-hybridized carbons (Fsp3) is 0.471. The molecule has 2 heterocycles. The number of fused-ring (bicyclic) bond motifs is 1. The molecular weight excluding hydrogens is 314 g/mol. The highest BCUT2D eigenvalue weighted by Gasteiger charge is 2.17. The summed E-state index contributed by atoms with van der Waals surface area (Å²) >= 11 is 0. The first-order valence-electron chi connectivity index (χ1n) is 7.98. The highest BCUT2D eigenvalue weighted by Crippen LogP contribution is 2.26. The van der Waals surface area contributed by atoms with Gasteiger partial charge in [0.2, 0.25) is 0 Å². The molecular formula is C17H24ClN3O2. The van der Waals surface area contributed by atoms with E-state index in [-0.39, 0.29) is 18.2 Å². The molecule has 5 nitrogen and oxygen atoms in total. The quantitative estimate of drug-likeness (QED) is 0.911. The molecule has 1 aromatic heterocycles. The topological polar surface area (TPSA) is 62.7 Å². The van der Waals surface area contributed by atoms with E-state index in [4.69, 9.17) is 10.2 Å². The van der Waals surface area contributed by atoms with Crippen LogP contribution in [0.4, 0.5) is 5.69 Å². The van der Waals surface area contributed by atoms with Crippen molar-refractivity contribution in [2.24, 2.45) is 5.73 Å². The molecule has 0 saturated carbocycles. The molecule has 1 aromatic carbocycles. The van der Waals surface area contributed by atoms with Gasteiger partial charge in [0, 0.05) is 37.3 Å². The van der Waals surface area contributed by atoms with E-state index in [1.807, 2.05) is 6.07 Å². The Labute approximate surface area is 142 Å². The summed E-state index contributed by atoms with van der Waals surface area (Å²) in [7, 11) is 0. The number of halogens is 1. The van der Waals surface area contributed by atoms with Crippen LogP contribution in [0.25, 0.3) is 11.0 Å². The zero-order valence-electron chi connectivity index (χ0n) is 13.5. The molecule has 1 amide bonds. The third-order valence-corrected chi connectivity index (χ3v) is 4.31. The number of nitrogens with zero attached hydrogens (tertiary/aromatic N) is 2. The van der Waals surface area contributed by atoms with Crippen LogP contribution >= 0.6 is 12.4 Å². The Bertz CT molecular complexity index is 663. The minimum absolute atomic E-state index is 0. The molecule has 0 atom stereocenters. The molecule has 0 unspecified atom stereocenters. The first-order chi connectivity index (χ1) is 10.7. The lowest BCUT2D eigenvalue weighted by Crippen LogP contribution is -2.46. The lowest BCUT2D eigenvalue weighted by molar-refractivity contribution is 0.0976. The summed E-state index contributed by atoms with van der Waals surface area (Å²) < 4.78 is 5.43. The van der Waals surface area contributed by atoms with E-state index in [1.54, 1.807) is 6.07 Å². The molecule has 1 fully saturated rings.